The monoisotopic (exact) mass is 318 g/mol. The standard InChI is InChI=1S/C18H26N2O3/c1-5-11-23-16-9-8-14(12-17(16)22-4)18(21)20(3)13-15-7-6-10-19(15)2/h5,8-9,12,15H,1,6-7,10-11,13H2,2-4H3. The van der Waals surface area contributed by atoms with Crippen molar-refractivity contribution in [2.24, 2.45) is 0 Å². The average molecular weight is 318 g/mol. The van der Waals surface area contributed by atoms with E-state index in [2.05, 4.69) is 18.5 Å². The van der Waals surface area contributed by atoms with E-state index >= 15 is 0 Å². The van der Waals surface area contributed by atoms with Gasteiger partial charge in [0.15, 0.2) is 11.5 Å². The molecule has 1 fully saturated rings. The molecule has 1 saturated heterocycles. The third-order valence-electron chi connectivity index (χ3n) is 4.27. The molecule has 5 nitrogen and oxygen atoms in total. The van der Waals surface area contributed by atoms with Crippen LogP contribution < -0.4 is 9.47 Å². The van der Waals surface area contributed by atoms with Gasteiger partial charge in [0.2, 0.25) is 0 Å². The van der Waals surface area contributed by atoms with Crippen LogP contribution >= 0.6 is 0 Å². The fraction of sp³-hybridized carbons (Fsp3) is 0.500. The Morgan fingerprint density at radius 1 is 1.48 bits per heavy atom. The summed E-state index contributed by atoms with van der Waals surface area (Å²) in [6.07, 6.45) is 4.02. The molecule has 5 heteroatoms. The SMILES string of the molecule is C=CCOc1ccc(C(=O)N(C)CC2CCCN2C)cc1OC. The molecule has 23 heavy (non-hydrogen) atoms. The molecule has 1 aromatic rings. The van der Waals surface area contributed by atoms with Gasteiger partial charge in [-0.3, -0.25) is 4.79 Å². The first-order valence-electron chi connectivity index (χ1n) is 7.94. The van der Waals surface area contributed by atoms with Crippen molar-refractivity contribution in [3.05, 3.63) is 36.4 Å². The third kappa shape index (κ3) is 4.26. The molecule has 1 aromatic carbocycles. The first-order valence-corrected chi connectivity index (χ1v) is 7.94. The summed E-state index contributed by atoms with van der Waals surface area (Å²) < 4.78 is 10.8. The van der Waals surface area contributed by atoms with Crippen molar-refractivity contribution in [2.45, 2.75) is 18.9 Å². The van der Waals surface area contributed by atoms with Crippen LogP contribution in [-0.4, -0.2) is 62.7 Å². The minimum atomic E-state index is -0.00105. The number of carbonyl (C=O) groups excluding carboxylic acids is 1. The Balaban J connectivity index is 2.07. The Morgan fingerprint density at radius 3 is 2.87 bits per heavy atom. The van der Waals surface area contributed by atoms with Gasteiger partial charge >= 0.3 is 0 Å². The zero-order chi connectivity index (χ0) is 16.8. The minimum Gasteiger partial charge on any atom is -0.493 e. The number of likely N-dealkylation sites (N-methyl/N-ethyl adjacent to an activating group) is 2. The van der Waals surface area contributed by atoms with Crippen molar-refractivity contribution in [1.82, 2.24) is 9.80 Å². The summed E-state index contributed by atoms with van der Waals surface area (Å²) in [4.78, 5) is 16.7. The lowest BCUT2D eigenvalue weighted by Gasteiger charge is -2.26. The molecule has 1 heterocycles. The summed E-state index contributed by atoms with van der Waals surface area (Å²) in [6, 6.07) is 5.72. The first-order chi connectivity index (χ1) is 11.1. The molecule has 0 saturated carbocycles. The van der Waals surface area contributed by atoms with E-state index < -0.39 is 0 Å². The van der Waals surface area contributed by atoms with E-state index in [1.807, 2.05) is 7.05 Å². The lowest BCUT2D eigenvalue weighted by molar-refractivity contribution is 0.0761. The number of amides is 1. The highest BCUT2D eigenvalue weighted by Crippen LogP contribution is 2.28. The summed E-state index contributed by atoms with van der Waals surface area (Å²) in [5.74, 6) is 1.17. The van der Waals surface area contributed by atoms with E-state index in [-0.39, 0.29) is 5.91 Å². The maximum absolute atomic E-state index is 12.6. The van der Waals surface area contributed by atoms with E-state index in [4.69, 9.17) is 9.47 Å². The highest BCUT2D eigenvalue weighted by molar-refractivity contribution is 5.94. The third-order valence-corrected chi connectivity index (χ3v) is 4.27. The van der Waals surface area contributed by atoms with Crippen molar-refractivity contribution in [2.75, 3.05) is 40.9 Å². The highest BCUT2D eigenvalue weighted by atomic mass is 16.5. The van der Waals surface area contributed by atoms with Gasteiger partial charge in [0, 0.05) is 25.2 Å². The zero-order valence-electron chi connectivity index (χ0n) is 14.2. The number of hydrogen-bond acceptors (Lipinski definition) is 4. The van der Waals surface area contributed by atoms with Crippen LogP contribution in [0.5, 0.6) is 11.5 Å². The molecule has 0 bridgehead atoms. The molecule has 1 unspecified atom stereocenters. The molecule has 126 valence electrons. The molecule has 0 spiro atoms. The number of rotatable bonds is 7. The summed E-state index contributed by atoms with van der Waals surface area (Å²) >= 11 is 0. The predicted octanol–water partition coefficient (Wildman–Crippen LogP) is 2.43. The second-order valence-electron chi connectivity index (χ2n) is 5.93. The van der Waals surface area contributed by atoms with Gasteiger partial charge in [-0.05, 0) is 44.6 Å². The quantitative estimate of drug-likeness (QED) is 0.724. The zero-order valence-corrected chi connectivity index (χ0v) is 14.2. The fourth-order valence-corrected chi connectivity index (χ4v) is 2.90. The Hall–Kier alpha value is -2.01. The van der Waals surface area contributed by atoms with Crippen LogP contribution in [0.4, 0.5) is 0 Å². The molecular formula is C18H26N2O3. The van der Waals surface area contributed by atoms with Crippen LogP contribution in [0, 0.1) is 0 Å². The van der Waals surface area contributed by atoms with Gasteiger partial charge in [0.1, 0.15) is 6.61 Å². The van der Waals surface area contributed by atoms with Crippen molar-refractivity contribution in [3.8, 4) is 11.5 Å². The molecule has 1 aliphatic heterocycles. The Morgan fingerprint density at radius 2 is 2.26 bits per heavy atom. The number of nitrogens with zero attached hydrogens (tertiary/aromatic N) is 2. The van der Waals surface area contributed by atoms with Gasteiger partial charge in [-0.2, -0.15) is 0 Å². The second-order valence-corrected chi connectivity index (χ2v) is 5.93. The van der Waals surface area contributed by atoms with E-state index in [0.29, 0.717) is 29.7 Å². The number of ether oxygens (including phenoxy) is 2. The molecule has 1 aliphatic rings. The van der Waals surface area contributed by atoms with Crippen molar-refractivity contribution >= 4 is 5.91 Å². The van der Waals surface area contributed by atoms with E-state index in [1.54, 1.807) is 36.3 Å². The van der Waals surface area contributed by atoms with Gasteiger partial charge < -0.3 is 19.3 Å². The van der Waals surface area contributed by atoms with Crippen molar-refractivity contribution < 1.29 is 14.3 Å². The lowest BCUT2D eigenvalue weighted by atomic mass is 10.1. The van der Waals surface area contributed by atoms with Crippen LogP contribution in [0.3, 0.4) is 0 Å². The first kappa shape index (κ1) is 17.3. The smallest absolute Gasteiger partial charge is 0.253 e. The molecule has 1 amide bonds. The molecule has 1 atom stereocenters. The average Bonchev–Trinajstić information content (AvgIpc) is 2.96. The summed E-state index contributed by atoms with van der Waals surface area (Å²) in [7, 11) is 5.54. The molecule has 0 N–H and O–H groups in total. The van der Waals surface area contributed by atoms with E-state index in [1.165, 1.54) is 6.42 Å². The number of benzene rings is 1. The highest BCUT2D eigenvalue weighted by Gasteiger charge is 2.24. The number of carbonyl (C=O) groups is 1. The molecule has 0 aromatic heterocycles. The topological polar surface area (TPSA) is 42.0 Å². The summed E-state index contributed by atoms with van der Waals surface area (Å²) in [5.41, 5.74) is 0.607. The number of likely N-dealkylation sites (tertiary alicyclic amines) is 1. The number of hydrogen-bond donors (Lipinski definition) is 0. The summed E-state index contributed by atoms with van der Waals surface area (Å²) in [6.45, 7) is 5.87. The fourth-order valence-electron chi connectivity index (χ4n) is 2.90. The Labute approximate surface area is 138 Å². The second kappa shape index (κ2) is 8.02. The Bertz CT molecular complexity index is 559. The summed E-state index contributed by atoms with van der Waals surface area (Å²) in [5, 5.41) is 0. The van der Waals surface area contributed by atoms with Gasteiger partial charge in [-0.25, -0.2) is 0 Å². The van der Waals surface area contributed by atoms with Crippen LogP contribution in [-0.2, 0) is 0 Å². The van der Waals surface area contributed by atoms with Gasteiger partial charge in [-0.15, -0.1) is 0 Å². The van der Waals surface area contributed by atoms with Gasteiger partial charge in [0.05, 0.1) is 7.11 Å². The maximum atomic E-state index is 12.6. The van der Waals surface area contributed by atoms with Crippen LogP contribution in [0.15, 0.2) is 30.9 Å². The molecule has 0 aliphatic carbocycles. The normalized spacial score (nSPS) is 17.8. The minimum absolute atomic E-state index is 0.00105. The largest absolute Gasteiger partial charge is 0.493 e. The van der Waals surface area contributed by atoms with Crippen LogP contribution in [0.25, 0.3) is 0 Å². The lowest BCUT2D eigenvalue weighted by Crippen LogP contribution is -2.39. The van der Waals surface area contributed by atoms with Crippen LogP contribution in [0.1, 0.15) is 23.2 Å². The van der Waals surface area contributed by atoms with Crippen LogP contribution in [0.2, 0.25) is 0 Å². The maximum Gasteiger partial charge on any atom is 0.253 e. The molecule has 2 rings (SSSR count). The van der Waals surface area contributed by atoms with E-state index in [9.17, 15) is 4.79 Å². The molecular weight excluding hydrogens is 292 g/mol. The van der Waals surface area contributed by atoms with Crippen molar-refractivity contribution in [1.29, 1.82) is 0 Å². The number of methoxy groups -OCH3 is 1. The Kier molecular flexibility index (Phi) is 6.04. The van der Waals surface area contributed by atoms with Gasteiger partial charge in [-0.1, -0.05) is 12.7 Å². The predicted molar refractivity (Wildman–Crippen MR) is 91.3 cm³/mol. The molecule has 0 radical (unpaired) electrons. The van der Waals surface area contributed by atoms with E-state index in [0.717, 1.165) is 19.5 Å². The van der Waals surface area contributed by atoms with Gasteiger partial charge in [0.25, 0.3) is 5.91 Å². The van der Waals surface area contributed by atoms with Crippen molar-refractivity contribution in [3.63, 3.8) is 0 Å².